The van der Waals surface area contributed by atoms with Crippen molar-refractivity contribution in [2.45, 2.75) is 12.8 Å². The summed E-state index contributed by atoms with van der Waals surface area (Å²) in [5.41, 5.74) is 2.75. The molecule has 0 radical (unpaired) electrons. The van der Waals surface area contributed by atoms with Gasteiger partial charge in [0.15, 0.2) is 0 Å². The molecule has 1 heterocycles. The molecule has 0 amide bonds. The second-order valence-corrected chi connectivity index (χ2v) is 4.08. The third kappa shape index (κ3) is 1.43. The number of thiophene rings is 1. The molecular formula is C10H8RuS+. The summed E-state index contributed by atoms with van der Waals surface area (Å²) in [5.74, 6) is 0. The van der Waals surface area contributed by atoms with E-state index in [0.717, 1.165) is 6.42 Å². The van der Waals surface area contributed by atoms with Crippen molar-refractivity contribution < 1.29 is 17.9 Å². The van der Waals surface area contributed by atoms with Crippen molar-refractivity contribution >= 4 is 21.2 Å². The Morgan fingerprint density at radius 3 is 3.08 bits per heavy atom. The molecule has 0 N–H and O–H groups in total. The van der Waals surface area contributed by atoms with Crippen molar-refractivity contribution in [3.05, 3.63) is 34.0 Å². The maximum atomic E-state index is 3.19. The third-order valence-electron chi connectivity index (χ3n) is 1.96. The van der Waals surface area contributed by atoms with E-state index in [4.69, 9.17) is 0 Å². The minimum atomic E-state index is 1.15. The molecule has 0 spiro atoms. The van der Waals surface area contributed by atoms with E-state index >= 15 is 0 Å². The topological polar surface area (TPSA) is 0 Å². The first-order valence-electron chi connectivity index (χ1n) is 3.87. The predicted octanol–water partition coefficient (Wildman–Crippen LogP) is 2.80. The van der Waals surface area contributed by atoms with Crippen LogP contribution in [0.5, 0.6) is 0 Å². The van der Waals surface area contributed by atoms with Gasteiger partial charge in [-0.25, -0.2) is 0 Å². The molecule has 61 valence electrons. The molecule has 1 aliphatic carbocycles. The molecule has 1 aromatic heterocycles. The van der Waals surface area contributed by atoms with Gasteiger partial charge in [0.05, 0.1) is 0 Å². The predicted molar refractivity (Wildman–Crippen MR) is 50.1 cm³/mol. The Kier molecular flexibility index (Phi) is 2.51. The molecule has 0 fully saturated rings. The van der Waals surface area contributed by atoms with Crippen LogP contribution < -0.4 is 0 Å². The molecule has 0 saturated carbocycles. The fraction of sp³-hybridized carbons (Fsp3) is 0.200. The quantitative estimate of drug-likeness (QED) is 0.682. The van der Waals surface area contributed by atoms with E-state index in [0.29, 0.717) is 0 Å². The summed E-state index contributed by atoms with van der Waals surface area (Å²) in [6.07, 6.45) is 4.63. The Morgan fingerprint density at radius 2 is 2.42 bits per heavy atom. The zero-order valence-corrected chi connectivity index (χ0v) is 9.04. The second-order valence-electron chi connectivity index (χ2n) is 2.70. The van der Waals surface area contributed by atoms with Crippen LogP contribution >= 0.6 is 11.3 Å². The van der Waals surface area contributed by atoms with Crippen molar-refractivity contribution in [2.75, 3.05) is 0 Å². The number of allylic oxidation sites excluding steroid dienone is 3. The summed E-state index contributed by atoms with van der Waals surface area (Å²) < 4.78 is 3.19. The Labute approximate surface area is 85.8 Å². The molecule has 0 aromatic carbocycles. The van der Waals surface area contributed by atoms with Gasteiger partial charge in [-0.1, -0.05) is 0 Å². The standard InChI is InChI=1S/C10H8S.Ru/c1-8-4-2-5-9(8)10-6-3-7-11-10;/h3,5-7H,2,4H2;/q;+1. The van der Waals surface area contributed by atoms with Crippen LogP contribution in [-0.2, 0) is 17.9 Å². The van der Waals surface area contributed by atoms with Crippen molar-refractivity contribution in [1.82, 2.24) is 0 Å². The molecule has 0 saturated heterocycles. The van der Waals surface area contributed by atoms with Crippen molar-refractivity contribution in [3.8, 4) is 0 Å². The third-order valence-corrected chi connectivity index (χ3v) is 3.39. The van der Waals surface area contributed by atoms with Crippen LogP contribution in [0, 0.1) is 0 Å². The van der Waals surface area contributed by atoms with Crippen LogP contribution in [0.25, 0.3) is 5.57 Å². The van der Waals surface area contributed by atoms with Gasteiger partial charge in [-0.05, 0) is 0 Å². The van der Waals surface area contributed by atoms with Crippen LogP contribution in [0.4, 0.5) is 0 Å². The Hall–Kier alpha value is -0.287. The number of hydrogen-bond acceptors (Lipinski definition) is 1. The molecule has 2 heteroatoms. The van der Waals surface area contributed by atoms with Crippen LogP contribution in [0.15, 0.2) is 29.2 Å². The zero-order valence-electron chi connectivity index (χ0n) is 6.49. The summed E-state index contributed by atoms with van der Waals surface area (Å²) >= 11 is 4.28. The fourth-order valence-electron chi connectivity index (χ4n) is 1.39. The summed E-state index contributed by atoms with van der Waals surface area (Å²) in [5, 5.41) is 2.12. The first-order chi connectivity index (χ1) is 5.92. The van der Waals surface area contributed by atoms with Gasteiger partial charge in [-0.15, -0.1) is 0 Å². The fourth-order valence-corrected chi connectivity index (χ4v) is 2.64. The molecule has 0 atom stereocenters. The molecule has 12 heavy (non-hydrogen) atoms. The van der Waals surface area contributed by atoms with Crippen molar-refractivity contribution in [2.24, 2.45) is 0 Å². The van der Waals surface area contributed by atoms with E-state index in [1.807, 2.05) is 0 Å². The minimum absolute atomic E-state index is 1.15. The Morgan fingerprint density at radius 1 is 1.50 bits per heavy atom. The number of hydrogen-bond donors (Lipinski definition) is 0. The van der Waals surface area contributed by atoms with Gasteiger partial charge in [0, 0.05) is 0 Å². The summed E-state index contributed by atoms with van der Waals surface area (Å²) in [6.45, 7) is 0. The molecule has 2 rings (SSSR count). The van der Waals surface area contributed by atoms with Crippen LogP contribution in [0.1, 0.15) is 17.7 Å². The first-order valence-corrected chi connectivity index (χ1v) is 5.62. The van der Waals surface area contributed by atoms with Crippen LogP contribution in [-0.4, -0.2) is 4.26 Å². The molecule has 0 aliphatic heterocycles. The molecule has 0 bridgehead atoms. The van der Waals surface area contributed by atoms with E-state index < -0.39 is 0 Å². The van der Waals surface area contributed by atoms with E-state index in [2.05, 4.69) is 45.7 Å². The molecule has 1 aliphatic rings. The van der Waals surface area contributed by atoms with Crippen molar-refractivity contribution in [1.29, 1.82) is 0 Å². The average molecular weight is 261 g/mol. The summed E-state index contributed by atoms with van der Waals surface area (Å²) in [6, 6.07) is 4.27. The van der Waals surface area contributed by atoms with Gasteiger partial charge in [0.2, 0.25) is 0 Å². The van der Waals surface area contributed by atoms with Crippen molar-refractivity contribution in [3.63, 3.8) is 0 Å². The van der Waals surface area contributed by atoms with E-state index in [1.54, 1.807) is 11.3 Å². The Bertz CT molecular complexity index is 353. The molecule has 0 unspecified atom stereocenters. The van der Waals surface area contributed by atoms with Gasteiger partial charge in [-0.3, -0.25) is 0 Å². The van der Waals surface area contributed by atoms with Gasteiger partial charge in [0.25, 0.3) is 0 Å². The monoisotopic (exact) mass is 262 g/mol. The molecule has 0 nitrogen and oxygen atoms in total. The summed E-state index contributed by atoms with van der Waals surface area (Å²) in [7, 11) is 0. The maximum absolute atomic E-state index is 3.19. The first kappa shape index (κ1) is 8.32. The van der Waals surface area contributed by atoms with Gasteiger partial charge in [0.1, 0.15) is 0 Å². The van der Waals surface area contributed by atoms with E-state index in [9.17, 15) is 0 Å². The molecular weight excluding hydrogens is 253 g/mol. The van der Waals surface area contributed by atoms with Crippen LogP contribution in [0.3, 0.4) is 0 Å². The molecule has 1 aromatic rings. The SMILES string of the molecule is [Ru+]=[C]=C1CCC=C1c1cccs1. The van der Waals surface area contributed by atoms with Gasteiger partial charge < -0.3 is 0 Å². The normalized spacial score (nSPS) is 16.0. The summed E-state index contributed by atoms with van der Waals surface area (Å²) in [4.78, 5) is 1.37. The zero-order chi connectivity index (χ0) is 8.39. The Balaban J connectivity index is 2.42. The second kappa shape index (κ2) is 3.62. The van der Waals surface area contributed by atoms with E-state index in [-0.39, 0.29) is 0 Å². The van der Waals surface area contributed by atoms with E-state index in [1.165, 1.54) is 22.4 Å². The van der Waals surface area contributed by atoms with Gasteiger partial charge >= 0.3 is 85.9 Å². The average Bonchev–Trinajstić information content (AvgIpc) is 2.74. The number of rotatable bonds is 1. The van der Waals surface area contributed by atoms with Crippen LogP contribution in [0.2, 0.25) is 0 Å². The van der Waals surface area contributed by atoms with Gasteiger partial charge in [-0.2, -0.15) is 0 Å².